The quantitative estimate of drug-likeness (QED) is 0.373. The minimum atomic E-state index is -1.06. The molecule has 8 nitrogen and oxygen atoms in total. The number of ether oxygens (including phenoxy) is 3. The van der Waals surface area contributed by atoms with E-state index in [4.69, 9.17) is 14.2 Å². The molecule has 2 aromatic heterocycles. The number of rotatable bonds is 8. The third kappa shape index (κ3) is 5.16. The van der Waals surface area contributed by atoms with Gasteiger partial charge in [0.05, 0.1) is 34.7 Å². The van der Waals surface area contributed by atoms with Crippen molar-refractivity contribution in [2.24, 2.45) is 0 Å². The van der Waals surface area contributed by atoms with E-state index in [1.807, 2.05) is 44.2 Å². The van der Waals surface area contributed by atoms with Crippen LogP contribution in [0.1, 0.15) is 29.8 Å². The first kappa shape index (κ1) is 23.9. The van der Waals surface area contributed by atoms with Gasteiger partial charge in [0, 0.05) is 38.8 Å². The zero-order chi connectivity index (χ0) is 25.1. The summed E-state index contributed by atoms with van der Waals surface area (Å²) in [6.45, 7) is 4.25. The van der Waals surface area contributed by atoms with Gasteiger partial charge in [-0.2, -0.15) is 0 Å². The Labute approximate surface area is 203 Å². The van der Waals surface area contributed by atoms with Crippen LogP contribution in [0, 0.1) is 0 Å². The van der Waals surface area contributed by atoms with Crippen molar-refractivity contribution in [2.75, 3.05) is 20.7 Å². The van der Waals surface area contributed by atoms with E-state index < -0.39 is 12.1 Å². The highest BCUT2D eigenvalue weighted by atomic mass is 16.6. The van der Waals surface area contributed by atoms with Crippen molar-refractivity contribution in [1.29, 1.82) is 0 Å². The number of amides is 1. The number of carbonyl (C=O) groups excluding carboxylic acids is 1. The monoisotopic (exact) mass is 476 g/mol. The molecule has 182 valence electrons. The number of carbonyl (C=O) groups is 2. The molecule has 0 bridgehead atoms. The van der Waals surface area contributed by atoms with Crippen molar-refractivity contribution in [3.8, 4) is 17.2 Å². The van der Waals surface area contributed by atoms with E-state index in [0.29, 0.717) is 35.2 Å². The Bertz CT molecular complexity index is 1370. The summed E-state index contributed by atoms with van der Waals surface area (Å²) < 4.78 is 19.0. The van der Waals surface area contributed by atoms with E-state index in [9.17, 15) is 14.7 Å². The smallest absolute Gasteiger partial charge is 0.414 e. The number of pyridine rings is 1. The molecule has 0 saturated carbocycles. The molecule has 4 rings (SSSR count). The topological polar surface area (TPSA) is 89.7 Å². The summed E-state index contributed by atoms with van der Waals surface area (Å²) in [4.78, 5) is 25.7. The lowest BCUT2D eigenvalue weighted by Crippen LogP contribution is -2.25. The van der Waals surface area contributed by atoms with Crippen molar-refractivity contribution in [3.05, 3.63) is 71.9 Å². The second-order valence-corrected chi connectivity index (χ2v) is 8.62. The molecule has 0 saturated heterocycles. The Kier molecular flexibility index (Phi) is 6.82. The highest BCUT2D eigenvalue weighted by molar-refractivity contribution is 6.13. The Morgan fingerprint density at radius 3 is 2.40 bits per heavy atom. The number of benzene rings is 2. The molecular formula is C27H28N2O6. The van der Waals surface area contributed by atoms with Crippen molar-refractivity contribution in [3.63, 3.8) is 0 Å². The van der Waals surface area contributed by atoms with Crippen molar-refractivity contribution in [1.82, 2.24) is 9.30 Å². The van der Waals surface area contributed by atoms with Gasteiger partial charge in [-0.05, 0) is 43.7 Å². The summed E-state index contributed by atoms with van der Waals surface area (Å²) in [5.74, 6) is 0.340. The van der Waals surface area contributed by atoms with Crippen LogP contribution in [-0.4, -0.2) is 53.3 Å². The van der Waals surface area contributed by atoms with Crippen molar-refractivity contribution < 1.29 is 28.9 Å². The standard InChI is InChI=1S/C27H28N2O6/c1-17(2)34-19-10-8-18(9-11-19)12-14-33-23-16-20(35-27(32)28(3)4)15-22-24(23)25(26(30)31)21-7-5-6-13-29(21)22/h5-11,13,15-17H,12,14H2,1-4H3,(H,30,31). The lowest BCUT2D eigenvalue weighted by molar-refractivity contribution is 0.0700. The van der Waals surface area contributed by atoms with E-state index in [0.717, 1.165) is 11.3 Å². The van der Waals surface area contributed by atoms with E-state index in [2.05, 4.69) is 0 Å². The molecule has 1 amide bonds. The first-order valence-electron chi connectivity index (χ1n) is 11.3. The van der Waals surface area contributed by atoms with Gasteiger partial charge in [-0.3, -0.25) is 0 Å². The van der Waals surface area contributed by atoms with Crippen LogP contribution in [0.2, 0.25) is 0 Å². The number of aromatic nitrogens is 1. The van der Waals surface area contributed by atoms with Crippen LogP contribution in [0.4, 0.5) is 4.79 Å². The summed E-state index contributed by atoms with van der Waals surface area (Å²) >= 11 is 0. The number of hydrogen-bond donors (Lipinski definition) is 1. The molecule has 0 aliphatic rings. The van der Waals surface area contributed by atoms with Gasteiger partial charge in [-0.25, -0.2) is 9.59 Å². The van der Waals surface area contributed by atoms with E-state index in [1.54, 1.807) is 49.0 Å². The maximum absolute atomic E-state index is 12.2. The lowest BCUT2D eigenvalue weighted by Gasteiger charge is -2.14. The van der Waals surface area contributed by atoms with Crippen molar-refractivity contribution in [2.45, 2.75) is 26.4 Å². The molecule has 0 aliphatic heterocycles. The van der Waals surface area contributed by atoms with Crippen LogP contribution in [0.3, 0.4) is 0 Å². The molecule has 2 aromatic carbocycles. The zero-order valence-electron chi connectivity index (χ0n) is 20.1. The van der Waals surface area contributed by atoms with Gasteiger partial charge in [0.15, 0.2) is 0 Å². The summed E-state index contributed by atoms with van der Waals surface area (Å²) in [7, 11) is 3.18. The third-order valence-corrected chi connectivity index (χ3v) is 5.41. The Morgan fingerprint density at radius 1 is 1.00 bits per heavy atom. The van der Waals surface area contributed by atoms with Gasteiger partial charge in [-0.1, -0.05) is 18.2 Å². The molecule has 1 N–H and O–H groups in total. The minimum Gasteiger partial charge on any atom is -0.492 e. The molecule has 35 heavy (non-hydrogen) atoms. The largest absolute Gasteiger partial charge is 0.492 e. The van der Waals surface area contributed by atoms with Crippen LogP contribution in [0.15, 0.2) is 60.8 Å². The van der Waals surface area contributed by atoms with Gasteiger partial charge in [0.25, 0.3) is 0 Å². The first-order valence-corrected chi connectivity index (χ1v) is 11.3. The number of carboxylic acid groups (broad SMARTS) is 1. The fraction of sp³-hybridized carbons (Fsp3) is 0.259. The molecule has 0 atom stereocenters. The normalized spacial score (nSPS) is 11.1. The van der Waals surface area contributed by atoms with Crippen LogP contribution in [0.5, 0.6) is 17.2 Å². The molecule has 2 heterocycles. The number of nitrogens with zero attached hydrogens (tertiary/aromatic N) is 2. The number of hydrogen-bond acceptors (Lipinski definition) is 5. The molecular weight excluding hydrogens is 448 g/mol. The summed E-state index contributed by atoms with van der Waals surface area (Å²) in [5.41, 5.74) is 2.29. The van der Waals surface area contributed by atoms with Crippen LogP contribution in [0.25, 0.3) is 16.4 Å². The SMILES string of the molecule is CC(C)Oc1ccc(CCOc2cc(OC(=O)N(C)C)cc3c2c(C(=O)O)c2ccccn23)cc1. The molecule has 0 fully saturated rings. The number of fused-ring (bicyclic) bond motifs is 3. The fourth-order valence-corrected chi connectivity index (χ4v) is 3.87. The molecule has 8 heteroatoms. The van der Waals surface area contributed by atoms with E-state index in [1.165, 1.54) is 4.90 Å². The highest BCUT2D eigenvalue weighted by Gasteiger charge is 2.23. The van der Waals surface area contributed by atoms with Gasteiger partial charge < -0.3 is 28.6 Å². The third-order valence-electron chi connectivity index (χ3n) is 5.41. The first-order chi connectivity index (χ1) is 16.7. The Balaban J connectivity index is 1.69. The maximum atomic E-state index is 12.2. The molecule has 4 aromatic rings. The maximum Gasteiger partial charge on any atom is 0.414 e. The van der Waals surface area contributed by atoms with Gasteiger partial charge >= 0.3 is 12.1 Å². The van der Waals surface area contributed by atoms with E-state index in [-0.39, 0.29) is 17.4 Å². The number of aromatic carboxylic acids is 1. The molecule has 0 spiro atoms. The Morgan fingerprint density at radius 2 is 1.74 bits per heavy atom. The van der Waals surface area contributed by atoms with Gasteiger partial charge in [-0.15, -0.1) is 0 Å². The average molecular weight is 477 g/mol. The lowest BCUT2D eigenvalue weighted by atomic mass is 10.1. The summed E-state index contributed by atoms with van der Waals surface area (Å²) in [5, 5.41) is 10.5. The van der Waals surface area contributed by atoms with Crippen LogP contribution in [-0.2, 0) is 6.42 Å². The second kappa shape index (κ2) is 9.97. The summed E-state index contributed by atoms with van der Waals surface area (Å²) in [6.07, 6.45) is 1.92. The average Bonchev–Trinajstić information content (AvgIpc) is 3.14. The summed E-state index contributed by atoms with van der Waals surface area (Å²) in [6, 6.07) is 16.3. The predicted octanol–water partition coefficient (Wildman–Crippen LogP) is 5.26. The van der Waals surface area contributed by atoms with Gasteiger partial charge in [0.2, 0.25) is 0 Å². The number of carboxylic acids is 1. The Hall–Kier alpha value is -4.20. The van der Waals surface area contributed by atoms with Crippen LogP contribution < -0.4 is 14.2 Å². The van der Waals surface area contributed by atoms with Crippen LogP contribution >= 0.6 is 0 Å². The molecule has 0 aliphatic carbocycles. The highest BCUT2D eigenvalue weighted by Crippen LogP contribution is 2.38. The van der Waals surface area contributed by atoms with E-state index >= 15 is 0 Å². The molecule has 0 radical (unpaired) electrons. The predicted molar refractivity (Wildman–Crippen MR) is 133 cm³/mol. The second-order valence-electron chi connectivity index (χ2n) is 8.62. The fourth-order valence-electron chi connectivity index (χ4n) is 3.87. The molecule has 0 unspecified atom stereocenters. The minimum absolute atomic E-state index is 0.0989. The zero-order valence-corrected chi connectivity index (χ0v) is 20.1. The van der Waals surface area contributed by atoms with Gasteiger partial charge in [0.1, 0.15) is 17.2 Å². The van der Waals surface area contributed by atoms with Crippen molar-refractivity contribution >= 4 is 28.5 Å².